The highest BCUT2D eigenvalue weighted by Crippen LogP contribution is 2.02. The standard InChI is InChI=1S/C16H24O4Si/c1-21(2,3)20-14-12-18-11-13-19-16(17)10-9-15-7-5-4-6-8-15/h4-10H,11-14H2,1-3H3. The second-order valence-electron chi connectivity index (χ2n) is 5.48. The molecule has 1 aromatic carbocycles. The van der Waals surface area contributed by atoms with E-state index in [1.54, 1.807) is 6.08 Å². The number of benzene rings is 1. The summed E-state index contributed by atoms with van der Waals surface area (Å²) < 4.78 is 16.0. The van der Waals surface area contributed by atoms with Crippen LogP contribution in [0.1, 0.15) is 5.56 Å². The fourth-order valence-electron chi connectivity index (χ4n) is 1.49. The molecule has 0 aliphatic carbocycles. The fraction of sp³-hybridized carbons (Fsp3) is 0.438. The molecule has 0 aromatic heterocycles. The Hall–Kier alpha value is -1.43. The quantitative estimate of drug-likeness (QED) is 0.304. The first kappa shape index (κ1) is 17.6. The normalized spacial score (nSPS) is 11.8. The van der Waals surface area contributed by atoms with E-state index >= 15 is 0 Å². The summed E-state index contributed by atoms with van der Waals surface area (Å²) in [7, 11) is -1.46. The van der Waals surface area contributed by atoms with Gasteiger partial charge in [-0.2, -0.15) is 0 Å². The van der Waals surface area contributed by atoms with Crippen molar-refractivity contribution in [1.82, 2.24) is 0 Å². The Morgan fingerprint density at radius 2 is 1.71 bits per heavy atom. The molecule has 0 saturated heterocycles. The van der Waals surface area contributed by atoms with Crippen LogP contribution in [0.2, 0.25) is 19.6 Å². The Morgan fingerprint density at radius 1 is 1.05 bits per heavy atom. The zero-order valence-electron chi connectivity index (χ0n) is 13.0. The number of rotatable bonds is 9. The molecule has 0 N–H and O–H groups in total. The number of esters is 1. The molecule has 0 amide bonds. The van der Waals surface area contributed by atoms with Gasteiger partial charge in [0, 0.05) is 6.08 Å². The van der Waals surface area contributed by atoms with E-state index in [2.05, 4.69) is 19.6 Å². The van der Waals surface area contributed by atoms with Crippen LogP contribution in [-0.4, -0.2) is 40.7 Å². The predicted molar refractivity (Wildman–Crippen MR) is 86.6 cm³/mol. The topological polar surface area (TPSA) is 44.8 Å². The Morgan fingerprint density at radius 3 is 2.38 bits per heavy atom. The van der Waals surface area contributed by atoms with E-state index in [1.165, 1.54) is 6.08 Å². The van der Waals surface area contributed by atoms with E-state index in [9.17, 15) is 4.79 Å². The first-order chi connectivity index (χ1) is 9.97. The molecule has 1 rings (SSSR count). The van der Waals surface area contributed by atoms with Crippen molar-refractivity contribution in [3.63, 3.8) is 0 Å². The lowest BCUT2D eigenvalue weighted by Crippen LogP contribution is -2.27. The SMILES string of the molecule is C[Si](C)(C)OCCOCCOC(=O)C=Cc1ccccc1. The molecular formula is C16H24O4Si. The maximum Gasteiger partial charge on any atom is 0.330 e. The minimum absolute atomic E-state index is 0.255. The second kappa shape index (κ2) is 9.49. The molecule has 0 aliphatic rings. The molecule has 0 unspecified atom stereocenters. The number of hydrogen-bond donors (Lipinski definition) is 0. The summed E-state index contributed by atoms with van der Waals surface area (Å²) in [6.07, 6.45) is 3.15. The van der Waals surface area contributed by atoms with Crippen molar-refractivity contribution in [1.29, 1.82) is 0 Å². The van der Waals surface area contributed by atoms with E-state index in [-0.39, 0.29) is 12.6 Å². The maximum atomic E-state index is 11.5. The van der Waals surface area contributed by atoms with Gasteiger partial charge in [0.25, 0.3) is 0 Å². The molecule has 0 radical (unpaired) electrons. The van der Waals surface area contributed by atoms with E-state index < -0.39 is 8.32 Å². The van der Waals surface area contributed by atoms with Gasteiger partial charge < -0.3 is 13.9 Å². The number of ether oxygens (including phenoxy) is 2. The minimum atomic E-state index is -1.46. The summed E-state index contributed by atoms with van der Waals surface area (Å²) in [6.45, 7) is 8.17. The van der Waals surface area contributed by atoms with Crippen molar-refractivity contribution in [3.05, 3.63) is 42.0 Å². The average molecular weight is 308 g/mol. The Bertz CT molecular complexity index is 437. The third-order valence-electron chi connectivity index (χ3n) is 2.45. The summed E-state index contributed by atoms with van der Waals surface area (Å²) in [5.41, 5.74) is 0.967. The van der Waals surface area contributed by atoms with Gasteiger partial charge in [-0.15, -0.1) is 0 Å². The van der Waals surface area contributed by atoms with Gasteiger partial charge in [-0.25, -0.2) is 4.79 Å². The van der Waals surface area contributed by atoms with Crippen LogP contribution in [0, 0.1) is 0 Å². The lowest BCUT2D eigenvalue weighted by molar-refractivity contribution is -0.139. The van der Waals surface area contributed by atoms with Gasteiger partial charge in [-0.3, -0.25) is 0 Å². The highest BCUT2D eigenvalue weighted by Gasteiger charge is 2.13. The molecular weight excluding hydrogens is 284 g/mol. The van der Waals surface area contributed by atoms with E-state index in [4.69, 9.17) is 13.9 Å². The van der Waals surface area contributed by atoms with Crippen LogP contribution in [-0.2, 0) is 18.7 Å². The van der Waals surface area contributed by atoms with Crippen LogP contribution in [0.3, 0.4) is 0 Å². The summed E-state index contributed by atoms with van der Waals surface area (Å²) in [6, 6.07) is 9.61. The summed E-state index contributed by atoms with van der Waals surface area (Å²) in [5, 5.41) is 0. The van der Waals surface area contributed by atoms with Crippen LogP contribution in [0.5, 0.6) is 0 Å². The van der Waals surface area contributed by atoms with E-state index in [0.717, 1.165) is 5.56 Å². The molecule has 5 heteroatoms. The largest absolute Gasteiger partial charge is 0.460 e. The molecule has 0 spiro atoms. The van der Waals surface area contributed by atoms with Gasteiger partial charge in [-0.05, 0) is 31.3 Å². The van der Waals surface area contributed by atoms with Crippen LogP contribution in [0.25, 0.3) is 6.08 Å². The van der Waals surface area contributed by atoms with Gasteiger partial charge >= 0.3 is 5.97 Å². The Balaban J connectivity index is 2.05. The van der Waals surface area contributed by atoms with Crippen molar-refractivity contribution < 1.29 is 18.7 Å². The Labute approximate surface area is 127 Å². The molecule has 0 bridgehead atoms. The molecule has 0 heterocycles. The van der Waals surface area contributed by atoms with Gasteiger partial charge in [0.05, 0.1) is 19.8 Å². The smallest absolute Gasteiger partial charge is 0.330 e. The van der Waals surface area contributed by atoms with Crippen molar-refractivity contribution in [3.8, 4) is 0 Å². The van der Waals surface area contributed by atoms with E-state index in [0.29, 0.717) is 19.8 Å². The third-order valence-corrected chi connectivity index (χ3v) is 3.52. The van der Waals surface area contributed by atoms with Crippen LogP contribution in [0.4, 0.5) is 0 Å². The first-order valence-corrected chi connectivity index (χ1v) is 10.5. The predicted octanol–water partition coefficient (Wildman–Crippen LogP) is 3.11. The van der Waals surface area contributed by atoms with Crippen LogP contribution < -0.4 is 0 Å². The molecule has 0 fully saturated rings. The molecule has 21 heavy (non-hydrogen) atoms. The number of carbonyl (C=O) groups is 1. The molecule has 0 saturated carbocycles. The highest BCUT2D eigenvalue weighted by atomic mass is 28.4. The lowest BCUT2D eigenvalue weighted by Gasteiger charge is -2.16. The van der Waals surface area contributed by atoms with Gasteiger partial charge in [0.2, 0.25) is 0 Å². The van der Waals surface area contributed by atoms with Gasteiger partial charge in [-0.1, -0.05) is 30.3 Å². The van der Waals surface area contributed by atoms with E-state index in [1.807, 2.05) is 30.3 Å². The van der Waals surface area contributed by atoms with Crippen molar-refractivity contribution in [2.45, 2.75) is 19.6 Å². The zero-order valence-corrected chi connectivity index (χ0v) is 14.0. The minimum Gasteiger partial charge on any atom is -0.460 e. The molecule has 0 aliphatic heterocycles. The summed E-state index contributed by atoms with van der Waals surface area (Å²) in [5.74, 6) is -0.360. The fourth-order valence-corrected chi connectivity index (χ4v) is 2.18. The summed E-state index contributed by atoms with van der Waals surface area (Å²) >= 11 is 0. The second-order valence-corrected chi connectivity index (χ2v) is 10.00. The lowest BCUT2D eigenvalue weighted by atomic mass is 10.2. The maximum absolute atomic E-state index is 11.5. The molecule has 0 atom stereocenters. The molecule has 116 valence electrons. The van der Waals surface area contributed by atoms with Crippen molar-refractivity contribution in [2.24, 2.45) is 0 Å². The first-order valence-electron chi connectivity index (χ1n) is 7.09. The Kier molecular flexibility index (Phi) is 7.96. The monoisotopic (exact) mass is 308 g/mol. The van der Waals surface area contributed by atoms with Crippen LogP contribution >= 0.6 is 0 Å². The number of hydrogen-bond acceptors (Lipinski definition) is 4. The molecule has 4 nitrogen and oxygen atoms in total. The molecule has 1 aromatic rings. The van der Waals surface area contributed by atoms with Gasteiger partial charge in [0.15, 0.2) is 8.32 Å². The van der Waals surface area contributed by atoms with Gasteiger partial charge in [0.1, 0.15) is 6.61 Å². The highest BCUT2D eigenvalue weighted by molar-refractivity contribution is 6.69. The average Bonchev–Trinajstić information content (AvgIpc) is 2.44. The van der Waals surface area contributed by atoms with Crippen molar-refractivity contribution in [2.75, 3.05) is 26.4 Å². The summed E-state index contributed by atoms with van der Waals surface area (Å²) in [4.78, 5) is 11.5. The van der Waals surface area contributed by atoms with Crippen LogP contribution in [0.15, 0.2) is 36.4 Å². The third kappa shape index (κ3) is 10.0. The van der Waals surface area contributed by atoms with Crippen molar-refractivity contribution >= 4 is 20.4 Å². The number of carbonyl (C=O) groups excluding carboxylic acids is 1. The zero-order chi connectivity index (χ0) is 15.6.